The maximum Gasteiger partial charge on any atom is 0.0208 e. The smallest absolute Gasteiger partial charge is 0.0208 e. The molecule has 1 aromatic rings. The number of hydrogen-bond donors (Lipinski definition) is 2. The van der Waals surface area contributed by atoms with Crippen molar-refractivity contribution in [2.24, 2.45) is 0 Å². The summed E-state index contributed by atoms with van der Waals surface area (Å²) in [5, 5.41) is 7.06. The Bertz CT molecular complexity index is 341. The molecule has 16 heavy (non-hydrogen) atoms. The van der Waals surface area contributed by atoms with Crippen LogP contribution in [0.1, 0.15) is 29.5 Å². The van der Waals surface area contributed by atoms with Crippen molar-refractivity contribution in [2.45, 2.75) is 39.3 Å². The summed E-state index contributed by atoms with van der Waals surface area (Å²) in [5.74, 6) is 0. The Morgan fingerprint density at radius 1 is 1.38 bits per heavy atom. The van der Waals surface area contributed by atoms with Gasteiger partial charge in [-0.25, -0.2) is 0 Å². The Morgan fingerprint density at radius 2 is 2.25 bits per heavy atom. The molecule has 2 nitrogen and oxygen atoms in total. The molecule has 1 aromatic carbocycles. The van der Waals surface area contributed by atoms with Crippen LogP contribution in [0.4, 0.5) is 0 Å². The molecule has 0 spiro atoms. The van der Waals surface area contributed by atoms with Gasteiger partial charge in [-0.15, -0.1) is 0 Å². The van der Waals surface area contributed by atoms with Crippen LogP contribution in [-0.4, -0.2) is 19.1 Å². The van der Waals surface area contributed by atoms with Crippen LogP contribution in [-0.2, 0) is 6.54 Å². The minimum Gasteiger partial charge on any atom is -0.313 e. The minimum absolute atomic E-state index is 0.685. The van der Waals surface area contributed by atoms with Crippen LogP contribution in [0.3, 0.4) is 0 Å². The van der Waals surface area contributed by atoms with Gasteiger partial charge in [0, 0.05) is 19.1 Å². The first-order valence-corrected chi connectivity index (χ1v) is 6.26. The summed E-state index contributed by atoms with van der Waals surface area (Å²) in [6, 6.07) is 7.35. The molecule has 0 saturated carbocycles. The Labute approximate surface area is 98.4 Å². The van der Waals surface area contributed by atoms with Crippen molar-refractivity contribution < 1.29 is 0 Å². The molecule has 1 atom stereocenters. The first-order chi connectivity index (χ1) is 7.75. The van der Waals surface area contributed by atoms with E-state index in [1.165, 1.54) is 36.1 Å². The zero-order valence-corrected chi connectivity index (χ0v) is 10.3. The summed E-state index contributed by atoms with van der Waals surface area (Å²) in [5.41, 5.74) is 4.16. The van der Waals surface area contributed by atoms with Gasteiger partial charge >= 0.3 is 0 Å². The highest BCUT2D eigenvalue weighted by molar-refractivity contribution is 5.30. The number of nitrogens with one attached hydrogen (secondary N) is 2. The molecule has 0 amide bonds. The second-order valence-electron chi connectivity index (χ2n) is 4.85. The first-order valence-electron chi connectivity index (χ1n) is 6.26. The lowest BCUT2D eigenvalue weighted by Gasteiger charge is -2.13. The van der Waals surface area contributed by atoms with E-state index < -0.39 is 0 Å². The molecular formula is C14H22N2. The summed E-state index contributed by atoms with van der Waals surface area (Å²) in [7, 11) is 0. The van der Waals surface area contributed by atoms with Crippen LogP contribution in [0.2, 0.25) is 0 Å². The third-order valence-electron chi connectivity index (χ3n) is 3.37. The van der Waals surface area contributed by atoms with Gasteiger partial charge in [-0.1, -0.05) is 23.8 Å². The van der Waals surface area contributed by atoms with Gasteiger partial charge in [0.05, 0.1) is 0 Å². The van der Waals surface area contributed by atoms with E-state index in [9.17, 15) is 0 Å². The molecule has 1 unspecified atom stereocenters. The van der Waals surface area contributed by atoms with Gasteiger partial charge in [0.15, 0.2) is 0 Å². The summed E-state index contributed by atoms with van der Waals surface area (Å²) >= 11 is 0. The van der Waals surface area contributed by atoms with Crippen LogP contribution in [0.15, 0.2) is 18.2 Å². The molecule has 0 bridgehead atoms. The lowest BCUT2D eigenvalue weighted by Crippen LogP contribution is -2.33. The Morgan fingerprint density at radius 3 is 3.00 bits per heavy atom. The summed E-state index contributed by atoms with van der Waals surface area (Å²) < 4.78 is 0. The maximum absolute atomic E-state index is 3.55. The van der Waals surface area contributed by atoms with E-state index in [1.54, 1.807) is 0 Å². The van der Waals surface area contributed by atoms with Crippen molar-refractivity contribution in [1.29, 1.82) is 0 Å². The van der Waals surface area contributed by atoms with Gasteiger partial charge in [-0.05, 0) is 44.4 Å². The third-order valence-corrected chi connectivity index (χ3v) is 3.37. The summed E-state index contributed by atoms with van der Waals surface area (Å²) in [6.07, 6.45) is 2.65. The van der Waals surface area contributed by atoms with Crippen molar-refractivity contribution in [1.82, 2.24) is 10.6 Å². The van der Waals surface area contributed by atoms with Crippen molar-refractivity contribution in [2.75, 3.05) is 13.1 Å². The van der Waals surface area contributed by atoms with Crippen LogP contribution < -0.4 is 10.6 Å². The van der Waals surface area contributed by atoms with Gasteiger partial charge in [0.2, 0.25) is 0 Å². The Balaban J connectivity index is 1.82. The molecule has 1 heterocycles. The fraction of sp³-hybridized carbons (Fsp3) is 0.571. The highest BCUT2D eigenvalue weighted by atomic mass is 15.0. The highest BCUT2D eigenvalue weighted by Crippen LogP contribution is 2.10. The Kier molecular flexibility index (Phi) is 3.97. The second-order valence-corrected chi connectivity index (χ2v) is 4.85. The number of hydrogen-bond acceptors (Lipinski definition) is 2. The minimum atomic E-state index is 0.685. The number of aryl methyl sites for hydroxylation is 2. The third kappa shape index (κ3) is 3.06. The average molecular weight is 218 g/mol. The molecule has 0 aromatic heterocycles. The van der Waals surface area contributed by atoms with Crippen molar-refractivity contribution in [3.8, 4) is 0 Å². The lowest BCUT2D eigenvalue weighted by molar-refractivity contribution is 0.535. The fourth-order valence-electron chi connectivity index (χ4n) is 2.30. The largest absolute Gasteiger partial charge is 0.313 e. The molecule has 1 fully saturated rings. The predicted octanol–water partition coefficient (Wildman–Crippen LogP) is 2.15. The van der Waals surface area contributed by atoms with E-state index in [0.717, 1.165) is 13.1 Å². The second kappa shape index (κ2) is 5.46. The van der Waals surface area contributed by atoms with Gasteiger partial charge < -0.3 is 10.6 Å². The van der Waals surface area contributed by atoms with E-state index in [-0.39, 0.29) is 0 Å². The number of benzene rings is 1. The van der Waals surface area contributed by atoms with E-state index in [4.69, 9.17) is 0 Å². The SMILES string of the molecule is Cc1ccc(C)c(CNCC2CCCN2)c1. The monoisotopic (exact) mass is 218 g/mol. The van der Waals surface area contributed by atoms with Crippen molar-refractivity contribution in [3.63, 3.8) is 0 Å². The molecule has 0 aliphatic carbocycles. The molecule has 1 saturated heterocycles. The van der Waals surface area contributed by atoms with Gasteiger partial charge in [0.25, 0.3) is 0 Å². The molecule has 1 aliphatic heterocycles. The average Bonchev–Trinajstić information content (AvgIpc) is 2.76. The molecular weight excluding hydrogens is 196 g/mol. The van der Waals surface area contributed by atoms with Crippen LogP contribution in [0.25, 0.3) is 0 Å². The van der Waals surface area contributed by atoms with Crippen molar-refractivity contribution >= 4 is 0 Å². The summed E-state index contributed by atoms with van der Waals surface area (Å²) in [6.45, 7) is 7.61. The highest BCUT2D eigenvalue weighted by Gasteiger charge is 2.12. The zero-order valence-electron chi connectivity index (χ0n) is 10.3. The number of rotatable bonds is 4. The van der Waals surface area contributed by atoms with Crippen molar-refractivity contribution in [3.05, 3.63) is 34.9 Å². The van der Waals surface area contributed by atoms with Gasteiger partial charge in [0.1, 0.15) is 0 Å². The molecule has 2 rings (SSSR count). The lowest BCUT2D eigenvalue weighted by atomic mass is 10.1. The molecule has 0 radical (unpaired) electrons. The zero-order chi connectivity index (χ0) is 11.4. The van der Waals surface area contributed by atoms with Gasteiger partial charge in [-0.2, -0.15) is 0 Å². The molecule has 2 heteroatoms. The first kappa shape index (κ1) is 11.6. The van der Waals surface area contributed by atoms with E-state index in [1.807, 2.05) is 0 Å². The van der Waals surface area contributed by atoms with Crippen LogP contribution in [0.5, 0.6) is 0 Å². The fourth-order valence-corrected chi connectivity index (χ4v) is 2.30. The van der Waals surface area contributed by atoms with E-state index in [0.29, 0.717) is 6.04 Å². The predicted molar refractivity (Wildman–Crippen MR) is 68.6 cm³/mol. The van der Waals surface area contributed by atoms with Gasteiger partial charge in [-0.3, -0.25) is 0 Å². The Hall–Kier alpha value is -0.860. The standard InChI is InChI=1S/C14H22N2/c1-11-5-6-12(2)13(8-11)9-15-10-14-4-3-7-16-14/h5-6,8,14-16H,3-4,7,9-10H2,1-2H3. The molecule has 1 aliphatic rings. The maximum atomic E-state index is 3.55. The molecule has 88 valence electrons. The molecule has 2 N–H and O–H groups in total. The normalized spacial score (nSPS) is 20.2. The topological polar surface area (TPSA) is 24.1 Å². The summed E-state index contributed by atoms with van der Waals surface area (Å²) in [4.78, 5) is 0. The van der Waals surface area contributed by atoms with E-state index >= 15 is 0 Å². The van der Waals surface area contributed by atoms with E-state index in [2.05, 4.69) is 42.7 Å². The quantitative estimate of drug-likeness (QED) is 0.809. The van der Waals surface area contributed by atoms with Crippen LogP contribution >= 0.6 is 0 Å². The van der Waals surface area contributed by atoms with Crippen LogP contribution in [0, 0.1) is 13.8 Å².